The van der Waals surface area contributed by atoms with Crippen molar-refractivity contribution >= 4 is 5.97 Å². The molecule has 1 aromatic rings. The van der Waals surface area contributed by atoms with Crippen LogP contribution in [-0.2, 0) is 4.74 Å². The number of hydrogen-bond donors (Lipinski definition) is 1. The average Bonchev–Trinajstić information content (AvgIpc) is 2.36. The van der Waals surface area contributed by atoms with Gasteiger partial charge in [-0.1, -0.05) is 0 Å². The Balaban J connectivity index is 2.12. The van der Waals surface area contributed by atoms with Gasteiger partial charge in [-0.2, -0.15) is 0 Å². The van der Waals surface area contributed by atoms with E-state index in [2.05, 4.69) is 4.98 Å². The van der Waals surface area contributed by atoms with Crippen molar-refractivity contribution in [3.8, 4) is 5.88 Å². The second-order valence-corrected chi connectivity index (χ2v) is 4.87. The van der Waals surface area contributed by atoms with Crippen LogP contribution in [0.25, 0.3) is 0 Å². The van der Waals surface area contributed by atoms with Gasteiger partial charge in [-0.25, -0.2) is 9.78 Å². The minimum atomic E-state index is -1.01. The van der Waals surface area contributed by atoms with Crippen LogP contribution in [0, 0.1) is 13.8 Å². The Kier molecular flexibility index (Phi) is 4.37. The van der Waals surface area contributed by atoms with Gasteiger partial charge in [0.2, 0.25) is 5.88 Å². The summed E-state index contributed by atoms with van der Waals surface area (Å²) >= 11 is 0. The van der Waals surface area contributed by atoms with Gasteiger partial charge in [-0.15, -0.1) is 0 Å². The van der Waals surface area contributed by atoms with Gasteiger partial charge in [0, 0.05) is 12.3 Å². The molecule has 0 saturated carbocycles. The molecule has 1 unspecified atom stereocenters. The summed E-state index contributed by atoms with van der Waals surface area (Å²) in [7, 11) is 0. The Morgan fingerprint density at radius 3 is 2.95 bits per heavy atom. The van der Waals surface area contributed by atoms with E-state index in [1.807, 2.05) is 6.92 Å². The zero-order valence-electron chi connectivity index (χ0n) is 11.3. The predicted molar refractivity (Wildman–Crippen MR) is 69.8 cm³/mol. The number of carboxylic acid groups (broad SMARTS) is 1. The molecule has 0 amide bonds. The van der Waals surface area contributed by atoms with E-state index in [0.29, 0.717) is 12.2 Å². The molecule has 1 atom stereocenters. The number of aryl methyl sites for hydroxylation is 2. The fourth-order valence-corrected chi connectivity index (χ4v) is 2.28. The Morgan fingerprint density at radius 2 is 2.32 bits per heavy atom. The Labute approximate surface area is 112 Å². The fraction of sp³-hybridized carbons (Fsp3) is 0.571. The standard InChI is InChI=1S/C14H19NO4/c1-9-7-10(2)15-13(12(9)14(16)17)19-8-11-5-3-4-6-18-11/h7,11H,3-6,8H2,1-2H3,(H,16,17). The van der Waals surface area contributed by atoms with Crippen molar-refractivity contribution < 1.29 is 19.4 Å². The van der Waals surface area contributed by atoms with Crippen LogP contribution in [0.2, 0.25) is 0 Å². The number of nitrogens with zero attached hydrogens (tertiary/aromatic N) is 1. The number of carboxylic acids is 1. The van der Waals surface area contributed by atoms with E-state index in [0.717, 1.165) is 31.6 Å². The summed E-state index contributed by atoms with van der Waals surface area (Å²) in [6.07, 6.45) is 3.20. The lowest BCUT2D eigenvalue weighted by molar-refractivity contribution is -0.0122. The molecule has 0 spiro atoms. The SMILES string of the molecule is Cc1cc(C)c(C(=O)O)c(OCC2CCCCO2)n1. The van der Waals surface area contributed by atoms with Crippen molar-refractivity contribution in [1.29, 1.82) is 0 Å². The Bertz CT molecular complexity index is 467. The monoisotopic (exact) mass is 265 g/mol. The summed E-state index contributed by atoms with van der Waals surface area (Å²) in [5.74, 6) is -0.816. The van der Waals surface area contributed by atoms with Crippen LogP contribution in [0.3, 0.4) is 0 Å². The summed E-state index contributed by atoms with van der Waals surface area (Å²) in [6.45, 7) is 4.68. The molecule has 1 fully saturated rings. The van der Waals surface area contributed by atoms with E-state index >= 15 is 0 Å². The third-order valence-corrected chi connectivity index (χ3v) is 3.21. The smallest absolute Gasteiger partial charge is 0.341 e. The first kappa shape index (κ1) is 13.8. The topological polar surface area (TPSA) is 68.7 Å². The van der Waals surface area contributed by atoms with Crippen molar-refractivity contribution in [2.24, 2.45) is 0 Å². The highest BCUT2D eigenvalue weighted by atomic mass is 16.5. The molecule has 1 aromatic heterocycles. The third kappa shape index (κ3) is 3.44. The van der Waals surface area contributed by atoms with Gasteiger partial charge in [0.25, 0.3) is 0 Å². The van der Waals surface area contributed by atoms with Crippen LogP contribution < -0.4 is 4.74 Å². The van der Waals surface area contributed by atoms with Crippen LogP contribution >= 0.6 is 0 Å². The van der Waals surface area contributed by atoms with Crippen molar-refractivity contribution in [1.82, 2.24) is 4.98 Å². The van der Waals surface area contributed by atoms with Crippen LogP contribution in [0.15, 0.2) is 6.07 Å². The van der Waals surface area contributed by atoms with E-state index < -0.39 is 5.97 Å². The summed E-state index contributed by atoms with van der Waals surface area (Å²) < 4.78 is 11.1. The molecular formula is C14H19NO4. The number of hydrogen-bond acceptors (Lipinski definition) is 4. The highest BCUT2D eigenvalue weighted by molar-refractivity contribution is 5.91. The van der Waals surface area contributed by atoms with E-state index in [1.54, 1.807) is 13.0 Å². The molecule has 104 valence electrons. The summed E-state index contributed by atoms with van der Waals surface area (Å²) in [6, 6.07) is 1.74. The van der Waals surface area contributed by atoms with Crippen LogP contribution in [0.5, 0.6) is 5.88 Å². The lowest BCUT2D eigenvalue weighted by Crippen LogP contribution is -2.26. The maximum atomic E-state index is 11.3. The molecule has 5 nitrogen and oxygen atoms in total. The van der Waals surface area contributed by atoms with Crippen LogP contribution in [0.1, 0.15) is 40.9 Å². The molecule has 2 rings (SSSR count). The van der Waals surface area contributed by atoms with Crippen molar-refractivity contribution in [3.63, 3.8) is 0 Å². The molecule has 2 heterocycles. The number of ether oxygens (including phenoxy) is 2. The predicted octanol–water partition coefficient (Wildman–Crippen LogP) is 2.34. The minimum absolute atomic E-state index is 0.0398. The maximum absolute atomic E-state index is 11.3. The first-order chi connectivity index (χ1) is 9.08. The normalized spacial score (nSPS) is 19.2. The lowest BCUT2D eigenvalue weighted by Gasteiger charge is -2.22. The zero-order valence-corrected chi connectivity index (χ0v) is 11.3. The van der Waals surface area contributed by atoms with Gasteiger partial charge >= 0.3 is 5.97 Å². The molecule has 0 aromatic carbocycles. The fourth-order valence-electron chi connectivity index (χ4n) is 2.28. The molecule has 19 heavy (non-hydrogen) atoms. The average molecular weight is 265 g/mol. The number of rotatable bonds is 4. The summed E-state index contributed by atoms with van der Waals surface area (Å²) in [4.78, 5) is 15.4. The molecule has 1 aliphatic rings. The van der Waals surface area contributed by atoms with E-state index in [-0.39, 0.29) is 17.5 Å². The second-order valence-electron chi connectivity index (χ2n) is 4.87. The Hall–Kier alpha value is -1.62. The maximum Gasteiger partial charge on any atom is 0.341 e. The molecule has 1 saturated heterocycles. The number of carbonyl (C=O) groups is 1. The third-order valence-electron chi connectivity index (χ3n) is 3.21. The van der Waals surface area contributed by atoms with Gasteiger partial charge < -0.3 is 14.6 Å². The highest BCUT2D eigenvalue weighted by Gasteiger charge is 2.20. The van der Waals surface area contributed by atoms with Crippen molar-refractivity contribution in [2.75, 3.05) is 13.2 Å². The largest absolute Gasteiger partial charge is 0.477 e. The quantitative estimate of drug-likeness (QED) is 0.905. The van der Waals surface area contributed by atoms with E-state index in [9.17, 15) is 9.90 Å². The van der Waals surface area contributed by atoms with E-state index in [1.165, 1.54) is 0 Å². The van der Waals surface area contributed by atoms with Gasteiger partial charge in [0.05, 0.1) is 6.10 Å². The summed E-state index contributed by atoms with van der Waals surface area (Å²) in [5, 5.41) is 9.22. The molecular weight excluding hydrogens is 246 g/mol. The van der Waals surface area contributed by atoms with Crippen molar-refractivity contribution in [2.45, 2.75) is 39.2 Å². The minimum Gasteiger partial charge on any atom is -0.477 e. The number of aromatic carboxylic acids is 1. The van der Waals surface area contributed by atoms with Gasteiger partial charge in [-0.05, 0) is 44.7 Å². The Morgan fingerprint density at radius 1 is 1.53 bits per heavy atom. The number of pyridine rings is 1. The molecule has 0 radical (unpaired) electrons. The first-order valence-electron chi connectivity index (χ1n) is 6.54. The summed E-state index contributed by atoms with van der Waals surface area (Å²) in [5.41, 5.74) is 1.56. The van der Waals surface area contributed by atoms with Gasteiger partial charge in [0.15, 0.2) is 0 Å². The first-order valence-corrected chi connectivity index (χ1v) is 6.54. The molecule has 0 bridgehead atoms. The number of aromatic nitrogens is 1. The van der Waals surface area contributed by atoms with Crippen LogP contribution in [0.4, 0.5) is 0 Å². The molecule has 0 aliphatic carbocycles. The lowest BCUT2D eigenvalue weighted by atomic mass is 10.1. The molecule has 1 N–H and O–H groups in total. The molecule has 1 aliphatic heterocycles. The van der Waals surface area contributed by atoms with Gasteiger partial charge in [0.1, 0.15) is 12.2 Å². The zero-order chi connectivity index (χ0) is 13.8. The van der Waals surface area contributed by atoms with Gasteiger partial charge in [-0.3, -0.25) is 0 Å². The molecule has 5 heteroatoms. The van der Waals surface area contributed by atoms with E-state index in [4.69, 9.17) is 9.47 Å². The van der Waals surface area contributed by atoms with Crippen molar-refractivity contribution in [3.05, 3.63) is 22.9 Å². The van der Waals surface area contributed by atoms with Crippen LogP contribution in [-0.4, -0.2) is 35.4 Å². The highest BCUT2D eigenvalue weighted by Crippen LogP contribution is 2.22. The second kappa shape index (κ2) is 6.02.